The summed E-state index contributed by atoms with van der Waals surface area (Å²) < 4.78 is 26.5. The Labute approximate surface area is 94.6 Å². The number of carbonyl (C=O) groups is 1. The Bertz CT molecular complexity index is 523. The second-order valence-electron chi connectivity index (χ2n) is 2.95. The SMILES string of the molecule is [N-]=[N+]=NCC=Cc1ccc(F)c(C(=O)O)c1F. The molecule has 0 bridgehead atoms. The van der Waals surface area contributed by atoms with Gasteiger partial charge in [-0.3, -0.25) is 0 Å². The molecule has 17 heavy (non-hydrogen) atoms. The number of hydrogen-bond acceptors (Lipinski definition) is 2. The van der Waals surface area contributed by atoms with Crippen molar-refractivity contribution in [1.29, 1.82) is 0 Å². The van der Waals surface area contributed by atoms with E-state index < -0.39 is 23.2 Å². The molecule has 0 heterocycles. The lowest BCUT2D eigenvalue weighted by atomic mass is 10.1. The standard InChI is InChI=1S/C10H7F2N3O2/c11-7-4-3-6(2-1-5-14-15-13)9(12)8(7)10(16)17/h1-4H,5H2,(H,16,17). The highest BCUT2D eigenvalue weighted by atomic mass is 19.1. The Balaban J connectivity index is 3.10. The number of carboxylic acid groups (broad SMARTS) is 1. The van der Waals surface area contributed by atoms with E-state index in [2.05, 4.69) is 10.0 Å². The first-order valence-electron chi connectivity index (χ1n) is 4.46. The van der Waals surface area contributed by atoms with Crippen LogP contribution in [0.4, 0.5) is 8.78 Å². The van der Waals surface area contributed by atoms with Gasteiger partial charge in [0.15, 0.2) is 0 Å². The summed E-state index contributed by atoms with van der Waals surface area (Å²) in [5.74, 6) is -3.97. The Morgan fingerprint density at radius 2 is 2.24 bits per heavy atom. The monoisotopic (exact) mass is 239 g/mol. The zero-order valence-corrected chi connectivity index (χ0v) is 8.47. The van der Waals surface area contributed by atoms with Gasteiger partial charge in [-0.2, -0.15) is 0 Å². The normalized spacial score (nSPS) is 10.2. The summed E-state index contributed by atoms with van der Waals surface area (Å²) in [6, 6.07) is 1.96. The Hall–Kier alpha value is -2.40. The lowest BCUT2D eigenvalue weighted by molar-refractivity contribution is 0.0686. The number of benzene rings is 1. The van der Waals surface area contributed by atoms with Crippen LogP contribution in [-0.4, -0.2) is 17.6 Å². The second-order valence-corrected chi connectivity index (χ2v) is 2.95. The Morgan fingerprint density at radius 1 is 1.53 bits per heavy atom. The molecular formula is C10H7F2N3O2. The second kappa shape index (κ2) is 5.62. The van der Waals surface area contributed by atoms with Gasteiger partial charge in [0.2, 0.25) is 0 Å². The van der Waals surface area contributed by atoms with Crippen molar-refractivity contribution in [2.24, 2.45) is 5.11 Å². The fraction of sp³-hybridized carbons (Fsp3) is 0.100. The molecule has 0 aliphatic carbocycles. The number of carboxylic acids is 1. The minimum Gasteiger partial charge on any atom is -0.477 e. The van der Waals surface area contributed by atoms with E-state index in [-0.39, 0.29) is 12.1 Å². The maximum absolute atomic E-state index is 13.5. The molecule has 0 radical (unpaired) electrons. The first-order valence-corrected chi connectivity index (χ1v) is 4.46. The number of rotatable bonds is 4. The van der Waals surface area contributed by atoms with Crippen molar-refractivity contribution in [2.75, 3.05) is 6.54 Å². The van der Waals surface area contributed by atoms with E-state index in [1.165, 1.54) is 12.2 Å². The molecule has 0 fully saturated rings. The highest BCUT2D eigenvalue weighted by molar-refractivity contribution is 5.89. The summed E-state index contributed by atoms with van der Waals surface area (Å²) >= 11 is 0. The summed E-state index contributed by atoms with van der Waals surface area (Å²) in [5, 5.41) is 11.8. The van der Waals surface area contributed by atoms with Crippen LogP contribution in [0, 0.1) is 11.6 Å². The molecule has 0 spiro atoms. The van der Waals surface area contributed by atoms with E-state index in [0.29, 0.717) is 0 Å². The van der Waals surface area contributed by atoms with Gasteiger partial charge in [0.05, 0.1) is 0 Å². The van der Waals surface area contributed by atoms with Gasteiger partial charge in [-0.25, -0.2) is 13.6 Å². The third-order valence-electron chi connectivity index (χ3n) is 1.88. The van der Waals surface area contributed by atoms with Crippen LogP contribution >= 0.6 is 0 Å². The molecule has 1 aromatic rings. The van der Waals surface area contributed by atoms with Crippen molar-refractivity contribution >= 4 is 12.0 Å². The number of hydrogen-bond donors (Lipinski definition) is 1. The maximum Gasteiger partial charge on any atom is 0.341 e. The molecule has 0 saturated carbocycles. The number of halogens is 2. The van der Waals surface area contributed by atoms with Gasteiger partial charge < -0.3 is 5.11 Å². The Morgan fingerprint density at radius 3 is 2.82 bits per heavy atom. The predicted molar refractivity (Wildman–Crippen MR) is 56.4 cm³/mol. The topological polar surface area (TPSA) is 86.1 Å². The average molecular weight is 239 g/mol. The van der Waals surface area contributed by atoms with Crippen molar-refractivity contribution in [3.05, 3.63) is 51.4 Å². The molecule has 0 saturated heterocycles. The van der Waals surface area contributed by atoms with Gasteiger partial charge in [0.1, 0.15) is 17.2 Å². The summed E-state index contributed by atoms with van der Waals surface area (Å²) in [6.45, 7) is -0.00424. The van der Waals surface area contributed by atoms with Gasteiger partial charge in [0.25, 0.3) is 0 Å². The quantitative estimate of drug-likeness (QED) is 0.497. The molecule has 0 aliphatic rings. The van der Waals surface area contributed by atoms with Crippen molar-refractivity contribution in [3.63, 3.8) is 0 Å². The summed E-state index contributed by atoms with van der Waals surface area (Å²) in [6.07, 6.45) is 2.55. The number of aromatic carboxylic acids is 1. The number of azide groups is 1. The van der Waals surface area contributed by atoms with E-state index in [1.807, 2.05) is 0 Å². The van der Waals surface area contributed by atoms with Crippen molar-refractivity contribution in [2.45, 2.75) is 0 Å². The highest BCUT2D eigenvalue weighted by Gasteiger charge is 2.18. The molecule has 0 aliphatic heterocycles. The van der Waals surface area contributed by atoms with E-state index >= 15 is 0 Å². The lowest BCUT2D eigenvalue weighted by Gasteiger charge is -2.02. The molecule has 0 unspecified atom stereocenters. The average Bonchev–Trinajstić information content (AvgIpc) is 2.26. The minimum absolute atomic E-state index is 0.00424. The van der Waals surface area contributed by atoms with Crippen LogP contribution in [0.25, 0.3) is 16.5 Å². The van der Waals surface area contributed by atoms with E-state index in [9.17, 15) is 13.6 Å². The smallest absolute Gasteiger partial charge is 0.341 e. The largest absolute Gasteiger partial charge is 0.477 e. The third kappa shape index (κ3) is 3.02. The first-order chi connectivity index (χ1) is 8.07. The van der Waals surface area contributed by atoms with E-state index in [1.54, 1.807) is 0 Å². The molecule has 5 nitrogen and oxygen atoms in total. The minimum atomic E-state index is -1.68. The highest BCUT2D eigenvalue weighted by Crippen LogP contribution is 2.18. The molecule has 1 aromatic carbocycles. The lowest BCUT2D eigenvalue weighted by Crippen LogP contribution is -2.05. The first kappa shape index (κ1) is 12.7. The van der Waals surface area contributed by atoms with E-state index in [4.69, 9.17) is 10.6 Å². The van der Waals surface area contributed by atoms with Gasteiger partial charge in [0, 0.05) is 17.0 Å². The van der Waals surface area contributed by atoms with Gasteiger partial charge in [-0.1, -0.05) is 17.3 Å². The van der Waals surface area contributed by atoms with Crippen LogP contribution in [0.1, 0.15) is 15.9 Å². The Kier molecular flexibility index (Phi) is 4.19. The van der Waals surface area contributed by atoms with Crippen LogP contribution in [0.2, 0.25) is 0 Å². The summed E-state index contributed by atoms with van der Waals surface area (Å²) in [5.41, 5.74) is 6.90. The summed E-state index contributed by atoms with van der Waals surface area (Å²) in [4.78, 5) is 13.1. The summed E-state index contributed by atoms with van der Waals surface area (Å²) in [7, 11) is 0. The van der Waals surface area contributed by atoms with Gasteiger partial charge >= 0.3 is 5.97 Å². The zero-order valence-electron chi connectivity index (χ0n) is 8.47. The molecule has 0 aromatic heterocycles. The van der Waals surface area contributed by atoms with Crippen molar-refractivity contribution in [3.8, 4) is 0 Å². The van der Waals surface area contributed by atoms with Gasteiger partial charge in [-0.05, 0) is 17.7 Å². The van der Waals surface area contributed by atoms with Crippen molar-refractivity contribution < 1.29 is 18.7 Å². The fourth-order valence-corrected chi connectivity index (χ4v) is 1.16. The molecule has 0 atom stereocenters. The van der Waals surface area contributed by atoms with Crippen LogP contribution in [0.15, 0.2) is 23.3 Å². The van der Waals surface area contributed by atoms with Crippen LogP contribution in [0.3, 0.4) is 0 Å². The van der Waals surface area contributed by atoms with E-state index in [0.717, 1.165) is 12.1 Å². The molecular weight excluding hydrogens is 232 g/mol. The van der Waals surface area contributed by atoms with Crippen LogP contribution < -0.4 is 0 Å². The number of nitrogens with zero attached hydrogens (tertiary/aromatic N) is 3. The molecule has 88 valence electrons. The van der Waals surface area contributed by atoms with Crippen LogP contribution in [0.5, 0.6) is 0 Å². The maximum atomic E-state index is 13.5. The predicted octanol–water partition coefficient (Wildman–Crippen LogP) is 2.99. The molecule has 0 amide bonds. The van der Waals surface area contributed by atoms with Crippen molar-refractivity contribution in [1.82, 2.24) is 0 Å². The molecule has 1 N–H and O–H groups in total. The molecule has 7 heteroatoms. The molecule has 1 rings (SSSR count). The van der Waals surface area contributed by atoms with Gasteiger partial charge in [-0.15, -0.1) is 0 Å². The zero-order chi connectivity index (χ0) is 12.8. The fourth-order valence-electron chi connectivity index (χ4n) is 1.16. The van der Waals surface area contributed by atoms with Crippen LogP contribution in [-0.2, 0) is 0 Å². The third-order valence-corrected chi connectivity index (χ3v) is 1.88.